The Hall–Kier alpha value is -1.28. The largest absolute Gasteiger partial charge is 0.461 e. The number of halogens is 1. The molecule has 0 aromatic rings. The minimum Gasteiger partial charge on any atom is -0.461 e. The molecule has 0 saturated heterocycles. The zero-order chi connectivity index (χ0) is 18.4. The van der Waals surface area contributed by atoms with Crippen molar-refractivity contribution in [1.29, 1.82) is 0 Å². The van der Waals surface area contributed by atoms with Crippen LogP contribution in [-0.2, 0) is 9.53 Å². The van der Waals surface area contributed by atoms with Crippen LogP contribution in [0.5, 0.6) is 0 Å². The third kappa shape index (κ3) is 13.2. The van der Waals surface area contributed by atoms with Gasteiger partial charge in [-0.2, -0.15) is 0 Å². The third-order valence-electron chi connectivity index (χ3n) is 3.66. The van der Waals surface area contributed by atoms with Crippen molar-refractivity contribution in [2.24, 2.45) is 0 Å². The molecule has 3 heteroatoms. The molecular formula is C21H33ClO2. The van der Waals surface area contributed by atoms with E-state index < -0.39 is 0 Å². The first kappa shape index (κ1) is 22.7. The second kappa shape index (κ2) is 14.1. The van der Waals surface area contributed by atoms with Gasteiger partial charge in [-0.3, -0.25) is 0 Å². The molecule has 0 heterocycles. The van der Waals surface area contributed by atoms with Gasteiger partial charge in [0.05, 0.1) is 5.88 Å². The van der Waals surface area contributed by atoms with Crippen molar-refractivity contribution in [3.8, 4) is 0 Å². The molecule has 0 spiro atoms. The number of esters is 1. The lowest BCUT2D eigenvalue weighted by atomic mass is 10.0. The summed E-state index contributed by atoms with van der Waals surface area (Å²) in [6.07, 6.45) is 12.7. The van der Waals surface area contributed by atoms with E-state index in [2.05, 4.69) is 52.5 Å². The van der Waals surface area contributed by atoms with Crippen molar-refractivity contribution in [2.75, 3.05) is 12.5 Å². The van der Waals surface area contributed by atoms with Gasteiger partial charge < -0.3 is 4.74 Å². The number of allylic oxidation sites excluding steroid dienone is 6. The summed E-state index contributed by atoms with van der Waals surface area (Å²) >= 11 is 5.48. The summed E-state index contributed by atoms with van der Waals surface area (Å²) in [5.74, 6) is -0.0177. The third-order valence-corrected chi connectivity index (χ3v) is 3.81. The summed E-state index contributed by atoms with van der Waals surface area (Å²) in [6, 6.07) is 0. The Balaban J connectivity index is 4.00. The Labute approximate surface area is 153 Å². The van der Waals surface area contributed by atoms with E-state index in [9.17, 15) is 4.79 Å². The first-order valence-corrected chi connectivity index (χ1v) is 9.25. The summed E-state index contributed by atoms with van der Waals surface area (Å²) in [4.78, 5) is 11.5. The standard InChI is InChI=1S/C21H33ClO2/c1-17(2)9-6-10-18(3)11-7-12-19(4)13-8-14-20(5)21(23)24-16-15-22/h9,11,13H,5-8,10,12,14-16H2,1-4H3. The number of rotatable bonds is 12. The normalized spacial score (nSPS) is 12.0. The first-order valence-electron chi connectivity index (χ1n) is 8.72. The topological polar surface area (TPSA) is 26.3 Å². The lowest BCUT2D eigenvalue weighted by Gasteiger charge is -2.05. The second-order valence-electron chi connectivity index (χ2n) is 6.43. The van der Waals surface area contributed by atoms with Crippen LogP contribution in [0.2, 0.25) is 0 Å². The summed E-state index contributed by atoms with van der Waals surface area (Å²) in [7, 11) is 0. The molecule has 0 rings (SSSR count). The Kier molecular flexibility index (Phi) is 13.3. The maximum Gasteiger partial charge on any atom is 0.333 e. The molecule has 0 aromatic carbocycles. The van der Waals surface area contributed by atoms with Gasteiger partial charge in [-0.15, -0.1) is 11.6 Å². The van der Waals surface area contributed by atoms with E-state index in [-0.39, 0.29) is 12.6 Å². The molecular weight excluding hydrogens is 320 g/mol. The van der Waals surface area contributed by atoms with Gasteiger partial charge in [-0.05, 0) is 66.2 Å². The van der Waals surface area contributed by atoms with E-state index in [0.717, 1.165) is 32.1 Å². The monoisotopic (exact) mass is 352 g/mol. The van der Waals surface area contributed by atoms with Crippen LogP contribution in [-0.4, -0.2) is 18.5 Å². The Morgan fingerprint density at radius 2 is 1.42 bits per heavy atom. The van der Waals surface area contributed by atoms with Gasteiger partial charge in [-0.1, -0.05) is 41.5 Å². The van der Waals surface area contributed by atoms with E-state index in [0.29, 0.717) is 17.9 Å². The van der Waals surface area contributed by atoms with Gasteiger partial charge >= 0.3 is 5.97 Å². The van der Waals surface area contributed by atoms with Crippen LogP contribution in [0, 0.1) is 0 Å². The molecule has 0 amide bonds. The zero-order valence-electron chi connectivity index (χ0n) is 15.8. The Morgan fingerprint density at radius 1 is 0.917 bits per heavy atom. The summed E-state index contributed by atoms with van der Waals surface area (Å²) in [6.45, 7) is 12.6. The molecule has 0 aliphatic heterocycles. The molecule has 0 saturated carbocycles. The Morgan fingerprint density at radius 3 is 1.92 bits per heavy atom. The van der Waals surface area contributed by atoms with Crippen molar-refractivity contribution in [3.05, 3.63) is 47.1 Å². The van der Waals surface area contributed by atoms with Crippen LogP contribution in [0.1, 0.15) is 66.2 Å². The molecule has 0 N–H and O–H groups in total. The van der Waals surface area contributed by atoms with E-state index in [1.54, 1.807) is 0 Å². The molecule has 0 aromatic heterocycles. The van der Waals surface area contributed by atoms with Crippen LogP contribution in [0.15, 0.2) is 47.1 Å². The smallest absolute Gasteiger partial charge is 0.333 e. The summed E-state index contributed by atoms with van der Waals surface area (Å²) < 4.78 is 4.95. The van der Waals surface area contributed by atoms with Crippen molar-refractivity contribution >= 4 is 17.6 Å². The molecule has 0 aliphatic carbocycles. The number of carbonyl (C=O) groups is 1. The van der Waals surface area contributed by atoms with Gasteiger partial charge in [0.2, 0.25) is 0 Å². The fourth-order valence-electron chi connectivity index (χ4n) is 2.17. The highest BCUT2D eigenvalue weighted by Crippen LogP contribution is 2.13. The highest BCUT2D eigenvalue weighted by Gasteiger charge is 2.06. The summed E-state index contributed by atoms with van der Waals surface area (Å²) in [5.41, 5.74) is 4.70. The number of alkyl halides is 1. The van der Waals surface area contributed by atoms with Crippen molar-refractivity contribution in [2.45, 2.75) is 66.2 Å². The lowest BCUT2D eigenvalue weighted by Crippen LogP contribution is -2.08. The molecule has 0 bridgehead atoms. The average Bonchev–Trinajstić information content (AvgIpc) is 2.52. The van der Waals surface area contributed by atoms with Crippen LogP contribution < -0.4 is 0 Å². The molecule has 0 radical (unpaired) electrons. The van der Waals surface area contributed by atoms with Gasteiger partial charge in [-0.25, -0.2) is 4.79 Å². The minimum atomic E-state index is -0.336. The van der Waals surface area contributed by atoms with Crippen LogP contribution in [0.3, 0.4) is 0 Å². The fourth-order valence-corrected chi connectivity index (χ4v) is 2.24. The van der Waals surface area contributed by atoms with Crippen molar-refractivity contribution < 1.29 is 9.53 Å². The average molecular weight is 353 g/mol. The van der Waals surface area contributed by atoms with Crippen LogP contribution in [0.4, 0.5) is 0 Å². The quantitative estimate of drug-likeness (QED) is 0.173. The first-order chi connectivity index (χ1) is 11.4. The van der Waals surface area contributed by atoms with Crippen LogP contribution in [0.25, 0.3) is 0 Å². The molecule has 0 fully saturated rings. The predicted octanol–water partition coefficient (Wildman–Crippen LogP) is 6.52. The Bertz CT molecular complexity index is 480. The van der Waals surface area contributed by atoms with Crippen molar-refractivity contribution in [3.63, 3.8) is 0 Å². The maximum atomic E-state index is 11.5. The summed E-state index contributed by atoms with van der Waals surface area (Å²) in [5, 5.41) is 0. The van der Waals surface area contributed by atoms with E-state index >= 15 is 0 Å². The molecule has 136 valence electrons. The molecule has 0 aliphatic rings. The lowest BCUT2D eigenvalue weighted by molar-refractivity contribution is -0.138. The van der Waals surface area contributed by atoms with E-state index in [4.69, 9.17) is 16.3 Å². The number of hydrogen-bond acceptors (Lipinski definition) is 2. The fraction of sp³-hybridized carbons (Fsp3) is 0.571. The van der Waals surface area contributed by atoms with E-state index in [1.807, 2.05) is 0 Å². The van der Waals surface area contributed by atoms with Gasteiger partial charge in [0.15, 0.2) is 0 Å². The highest BCUT2D eigenvalue weighted by molar-refractivity contribution is 6.18. The van der Waals surface area contributed by atoms with Gasteiger partial charge in [0.25, 0.3) is 0 Å². The highest BCUT2D eigenvalue weighted by atomic mass is 35.5. The maximum absolute atomic E-state index is 11.5. The molecule has 0 atom stereocenters. The number of ether oxygens (including phenoxy) is 1. The van der Waals surface area contributed by atoms with Crippen molar-refractivity contribution in [1.82, 2.24) is 0 Å². The molecule has 24 heavy (non-hydrogen) atoms. The SMILES string of the molecule is C=C(CCC=C(C)CCC=C(C)CCC=C(C)C)C(=O)OCCCl. The molecule has 2 nitrogen and oxygen atoms in total. The van der Waals surface area contributed by atoms with Gasteiger partial charge in [0.1, 0.15) is 6.61 Å². The second-order valence-corrected chi connectivity index (χ2v) is 6.80. The predicted molar refractivity (Wildman–Crippen MR) is 105 cm³/mol. The molecule has 0 unspecified atom stereocenters. The van der Waals surface area contributed by atoms with E-state index in [1.165, 1.54) is 16.7 Å². The number of carbonyl (C=O) groups excluding carboxylic acids is 1. The van der Waals surface area contributed by atoms with Gasteiger partial charge in [0, 0.05) is 5.57 Å². The number of hydrogen-bond donors (Lipinski definition) is 0. The zero-order valence-corrected chi connectivity index (χ0v) is 16.5. The van der Waals surface area contributed by atoms with Crippen LogP contribution >= 0.6 is 11.6 Å². The minimum absolute atomic E-state index is 0.244.